The molecule has 20 heavy (non-hydrogen) atoms. The Bertz CT molecular complexity index is 496. The Morgan fingerprint density at radius 1 is 1.40 bits per heavy atom. The van der Waals surface area contributed by atoms with Crippen LogP contribution in [0.5, 0.6) is 0 Å². The van der Waals surface area contributed by atoms with Gasteiger partial charge in [-0.05, 0) is 38.6 Å². The van der Waals surface area contributed by atoms with E-state index in [0.717, 1.165) is 26.1 Å². The fourth-order valence-corrected chi connectivity index (χ4v) is 3.06. The van der Waals surface area contributed by atoms with E-state index >= 15 is 0 Å². The van der Waals surface area contributed by atoms with Crippen molar-refractivity contribution in [2.45, 2.75) is 6.42 Å². The van der Waals surface area contributed by atoms with Gasteiger partial charge in [-0.2, -0.15) is 0 Å². The fraction of sp³-hybridized carbons (Fsp3) is 0.500. The summed E-state index contributed by atoms with van der Waals surface area (Å²) in [6, 6.07) is 3.18. The number of nitrogens with zero attached hydrogens (tertiary/aromatic N) is 2. The first-order chi connectivity index (χ1) is 9.38. The number of rotatable bonds is 3. The maximum atomic E-state index is 12.4. The number of anilines is 1. The van der Waals surface area contributed by atoms with Crippen molar-refractivity contribution in [2.24, 2.45) is 5.92 Å². The summed E-state index contributed by atoms with van der Waals surface area (Å²) in [5, 5.41) is 0.648. The van der Waals surface area contributed by atoms with E-state index in [2.05, 4.69) is 4.90 Å². The molecule has 1 fully saturated rings. The van der Waals surface area contributed by atoms with Crippen molar-refractivity contribution in [2.75, 3.05) is 39.5 Å². The minimum absolute atomic E-state index is 0.0324. The van der Waals surface area contributed by atoms with Crippen LogP contribution in [0.3, 0.4) is 0 Å². The molecule has 2 rings (SSSR count). The van der Waals surface area contributed by atoms with Crippen LogP contribution in [0.25, 0.3) is 0 Å². The zero-order valence-electron chi connectivity index (χ0n) is 11.7. The SMILES string of the molecule is CN(C)CC1CCN(C(=O)c2cc(Cl)c(N)c(Cl)c2)C1. The second-order valence-electron chi connectivity index (χ2n) is 5.52. The lowest BCUT2D eigenvalue weighted by atomic mass is 10.1. The molecule has 1 amide bonds. The van der Waals surface area contributed by atoms with Crippen molar-refractivity contribution in [3.63, 3.8) is 0 Å². The van der Waals surface area contributed by atoms with E-state index < -0.39 is 0 Å². The fourth-order valence-electron chi connectivity index (χ4n) is 2.57. The zero-order valence-corrected chi connectivity index (χ0v) is 13.2. The van der Waals surface area contributed by atoms with Crippen LogP contribution in [-0.4, -0.2) is 49.4 Å². The van der Waals surface area contributed by atoms with Gasteiger partial charge < -0.3 is 15.5 Å². The largest absolute Gasteiger partial charge is 0.396 e. The molecule has 1 aromatic carbocycles. The van der Waals surface area contributed by atoms with Crippen LogP contribution in [0.15, 0.2) is 12.1 Å². The van der Waals surface area contributed by atoms with Crippen molar-refractivity contribution >= 4 is 34.8 Å². The minimum Gasteiger partial charge on any atom is -0.396 e. The Kier molecular flexibility index (Phi) is 4.78. The molecule has 1 saturated heterocycles. The number of hydrogen-bond donors (Lipinski definition) is 1. The van der Waals surface area contributed by atoms with Crippen LogP contribution in [0, 0.1) is 5.92 Å². The lowest BCUT2D eigenvalue weighted by molar-refractivity contribution is 0.0785. The molecule has 1 aromatic rings. The van der Waals surface area contributed by atoms with Crippen molar-refractivity contribution in [1.82, 2.24) is 9.80 Å². The van der Waals surface area contributed by atoms with Crippen molar-refractivity contribution in [3.8, 4) is 0 Å². The van der Waals surface area contributed by atoms with Gasteiger partial charge in [-0.3, -0.25) is 4.79 Å². The molecule has 0 aliphatic carbocycles. The molecule has 1 heterocycles. The quantitative estimate of drug-likeness (QED) is 0.872. The van der Waals surface area contributed by atoms with Gasteiger partial charge in [0.05, 0.1) is 15.7 Å². The molecule has 1 aliphatic heterocycles. The summed E-state index contributed by atoms with van der Waals surface area (Å²) in [5.74, 6) is 0.490. The highest BCUT2D eigenvalue weighted by Gasteiger charge is 2.27. The normalized spacial score (nSPS) is 18.9. The highest BCUT2D eigenvalue weighted by molar-refractivity contribution is 6.39. The van der Waals surface area contributed by atoms with Gasteiger partial charge in [0.1, 0.15) is 0 Å². The van der Waals surface area contributed by atoms with Crippen LogP contribution < -0.4 is 5.73 Å². The number of nitrogen functional groups attached to an aromatic ring is 1. The average molecular weight is 316 g/mol. The first kappa shape index (κ1) is 15.4. The first-order valence-corrected chi connectivity index (χ1v) is 7.32. The molecule has 1 aliphatic rings. The number of benzene rings is 1. The zero-order chi connectivity index (χ0) is 14.9. The number of nitrogens with two attached hydrogens (primary N) is 1. The summed E-state index contributed by atoms with van der Waals surface area (Å²) in [5.41, 5.74) is 6.50. The predicted molar refractivity (Wildman–Crippen MR) is 83.4 cm³/mol. The summed E-state index contributed by atoms with van der Waals surface area (Å²) in [4.78, 5) is 16.5. The molecule has 4 nitrogen and oxygen atoms in total. The molecule has 0 radical (unpaired) electrons. The van der Waals surface area contributed by atoms with E-state index in [4.69, 9.17) is 28.9 Å². The Hall–Kier alpha value is -0.970. The van der Waals surface area contributed by atoms with E-state index in [9.17, 15) is 4.79 Å². The van der Waals surface area contributed by atoms with E-state index in [1.54, 1.807) is 12.1 Å². The molecule has 0 aromatic heterocycles. The lowest BCUT2D eigenvalue weighted by Crippen LogP contribution is -2.30. The number of carbonyl (C=O) groups excluding carboxylic acids is 1. The number of likely N-dealkylation sites (tertiary alicyclic amines) is 1. The molecule has 0 saturated carbocycles. The Morgan fingerprint density at radius 3 is 2.55 bits per heavy atom. The molecule has 0 bridgehead atoms. The summed E-state index contributed by atoms with van der Waals surface area (Å²) in [6.07, 6.45) is 1.03. The molecule has 0 spiro atoms. The summed E-state index contributed by atoms with van der Waals surface area (Å²) in [6.45, 7) is 2.54. The van der Waals surface area contributed by atoms with Crippen LogP contribution in [0.1, 0.15) is 16.8 Å². The van der Waals surface area contributed by atoms with Gasteiger partial charge in [-0.15, -0.1) is 0 Å². The number of carbonyl (C=O) groups is 1. The molecule has 110 valence electrons. The van der Waals surface area contributed by atoms with Crippen LogP contribution in [0.2, 0.25) is 10.0 Å². The van der Waals surface area contributed by atoms with Crippen molar-refractivity contribution < 1.29 is 4.79 Å². The molecule has 1 atom stereocenters. The van der Waals surface area contributed by atoms with E-state index in [-0.39, 0.29) is 5.91 Å². The minimum atomic E-state index is -0.0324. The van der Waals surface area contributed by atoms with E-state index in [1.165, 1.54) is 0 Å². The van der Waals surface area contributed by atoms with Gasteiger partial charge in [-0.25, -0.2) is 0 Å². The first-order valence-electron chi connectivity index (χ1n) is 6.57. The van der Waals surface area contributed by atoms with Gasteiger partial charge in [0.2, 0.25) is 0 Å². The van der Waals surface area contributed by atoms with Crippen molar-refractivity contribution in [3.05, 3.63) is 27.7 Å². The molecule has 1 unspecified atom stereocenters. The number of hydrogen-bond acceptors (Lipinski definition) is 3. The Morgan fingerprint density at radius 2 is 2.00 bits per heavy atom. The highest BCUT2D eigenvalue weighted by atomic mass is 35.5. The summed E-state index contributed by atoms with van der Waals surface area (Å²) < 4.78 is 0. The van der Waals surface area contributed by atoms with Gasteiger partial charge in [0, 0.05) is 25.2 Å². The van der Waals surface area contributed by atoms with Crippen LogP contribution in [-0.2, 0) is 0 Å². The summed E-state index contributed by atoms with van der Waals surface area (Å²) in [7, 11) is 4.09. The molecular weight excluding hydrogens is 297 g/mol. The summed E-state index contributed by atoms with van der Waals surface area (Å²) >= 11 is 12.0. The molecule has 6 heteroatoms. The predicted octanol–water partition coefficient (Wildman–Crippen LogP) is 2.60. The van der Waals surface area contributed by atoms with Crippen LogP contribution in [0.4, 0.5) is 5.69 Å². The maximum Gasteiger partial charge on any atom is 0.253 e. The Labute approximate surface area is 129 Å². The van der Waals surface area contributed by atoms with Crippen LogP contribution >= 0.6 is 23.2 Å². The Balaban J connectivity index is 2.09. The molecule has 2 N–H and O–H groups in total. The van der Waals surface area contributed by atoms with Gasteiger partial charge in [0.25, 0.3) is 5.91 Å². The second-order valence-corrected chi connectivity index (χ2v) is 6.34. The monoisotopic (exact) mass is 315 g/mol. The third-order valence-electron chi connectivity index (χ3n) is 3.52. The average Bonchev–Trinajstić information content (AvgIpc) is 2.82. The smallest absolute Gasteiger partial charge is 0.253 e. The lowest BCUT2D eigenvalue weighted by Gasteiger charge is -2.19. The van der Waals surface area contributed by atoms with E-state index in [0.29, 0.717) is 27.2 Å². The van der Waals surface area contributed by atoms with E-state index in [1.807, 2.05) is 19.0 Å². The standard InChI is InChI=1S/C14H19Cl2N3O/c1-18(2)7-9-3-4-19(8-9)14(20)10-5-11(15)13(17)12(16)6-10/h5-6,9H,3-4,7-8,17H2,1-2H3. The second kappa shape index (κ2) is 6.20. The number of amides is 1. The van der Waals surface area contributed by atoms with Gasteiger partial charge in [0.15, 0.2) is 0 Å². The molecular formula is C14H19Cl2N3O. The highest BCUT2D eigenvalue weighted by Crippen LogP contribution is 2.30. The van der Waals surface area contributed by atoms with Gasteiger partial charge in [-0.1, -0.05) is 23.2 Å². The van der Waals surface area contributed by atoms with Gasteiger partial charge >= 0.3 is 0 Å². The number of halogens is 2. The third-order valence-corrected chi connectivity index (χ3v) is 4.15. The topological polar surface area (TPSA) is 49.6 Å². The van der Waals surface area contributed by atoms with Crippen molar-refractivity contribution in [1.29, 1.82) is 0 Å². The maximum absolute atomic E-state index is 12.4. The third kappa shape index (κ3) is 3.37.